The van der Waals surface area contributed by atoms with Crippen LogP contribution in [0.4, 0.5) is 0 Å². The fourth-order valence-electron chi connectivity index (χ4n) is 3.01. The van der Waals surface area contributed by atoms with Gasteiger partial charge < -0.3 is 9.88 Å². The predicted molar refractivity (Wildman–Crippen MR) is 80.9 cm³/mol. The average Bonchev–Trinajstić information content (AvgIpc) is 2.91. The van der Waals surface area contributed by atoms with Gasteiger partial charge in [-0.15, -0.1) is 0 Å². The molecule has 1 N–H and O–H groups in total. The number of benzene rings is 1. The largest absolute Gasteiger partial charge is 0.361 e. The van der Waals surface area contributed by atoms with Gasteiger partial charge in [-0.1, -0.05) is 6.07 Å². The molecule has 1 aliphatic rings. The number of nitrogens with zero attached hydrogens (tertiary/aromatic N) is 2. The third kappa shape index (κ3) is 2.10. The van der Waals surface area contributed by atoms with Gasteiger partial charge in [0.25, 0.3) is 5.91 Å². The first kappa shape index (κ1) is 13.2. The number of amides is 1. The van der Waals surface area contributed by atoms with Crippen LogP contribution in [0, 0.1) is 0 Å². The van der Waals surface area contributed by atoms with E-state index >= 15 is 0 Å². The smallest absolute Gasteiger partial charge is 0.254 e. The maximum absolute atomic E-state index is 12.8. The molecule has 1 saturated heterocycles. The zero-order chi connectivity index (χ0) is 14.3. The number of carbonyl (C=O) groups is 1. The Morgan fingerprint density at radius 3 is 2.60 bits per heavy atom. The number of likely N-dealkylation sites (N-methyl/N-ethyl adjacent to an activating group) is 1. The van der Waals surface area contributed by atoms with Crippen molar-refractivity contribution >= 4 is 16.8 Å². The van der Waals surface area contributed by atoms with Gasteiger partial charge in [0.05, 0.1) is 0 Å². The van der Waals surface area contributed by atoms with E-state index in [1.165, 1.54) is 0 Å². The van der Waals surface area contributed by atoms with Crippen molar-refractivity contribution in [3.8, 4) is 0 Å². The summed E-state index contributed by atoms with van der Waals surface area (Å²) in [6.45, 7) is 5.93. The first-order valence-electron chi connectivity index (χ1n) is 7.15. The molecule has 0 spiro atoms. The normalized spacial score (nSPS) is 24.2. The summed E-state index contributed by atoms with van der Waals surface area (Å²) >= 11 is 0. The Morgan fingerprint density at radius 1 is 1.20 bits per heavy atom. The predicted octanol–water partition coefficient (Wildman–Crippen LogP) is 2.33. The number of hydrogen-bond donors (Lipinski definition) is 1. The number of aromatic amines is 1. The summed E-state index contributed by atoms with van der Waals surface area (Å²) in [5.41, 5.74) is 1.82. The number of fused-ring (bicyclic) bond motifs is 1. The van der Waals surface area contributed by atoms with E-state index in [9.17, 15) is 4.79 Å². The Bertz CT molecular complexity index is 621. The van der Waals surface area contributed by atoms with Gasteiger partial charge in [0, 0.05) is 47.8 Å². The molecule has 2 unspecified atom stereocenters. The molecule has 4 nitrogen and oxygen atoms in total. The third-order valence-corrected chi connectivity index (χ3v) is 4.47. The van der Waals surface area contributed by atoms with Crippen LogP contribution >= 0.6 is 0 Å². The lowest BCUT2D eigenvalue weighted by molar-refractivity contribution is 0.0416. The van der Waals surface area contributed by atoms with E-state index in [1.54, 1.807) is 0 Å². The summed E-state index contributed by atoms with van der Waals surface area (Å²) in [5.74, 6) is 0.141. The van der Waals surface area contributed by atoms with E-state index in [4.69, 9.17) is 0 Å². The van der Waals surface area contributed by atoms with Crippen LogP contribution in [0.2, 0.25) is 0 Å². The van der Waals surface area contributed by atoms with Crippen molar-refractivity contribution in [3.05, 3.63) is 36.0 Å². The van der Waals surface area contributed by atoms with Crippen LogP contribution in [0.25, 0.3) is 10.9 Å². The molecule has 2 heterocycles. The molecule has 1 aliphatic heterocycles. The van der Waals surface area contributed by atoms with E-state index in [2.05, 4.69) is 30.8 Å². The average molecular weight is 271 g/mol. The fourth-order valence-corrected chi connectivity index (χ4v) is 3.01. The molecule has 1 amide bonds. The highest BCUT2D eigenvalue weighted by Gasteiger charge is 2.30. The van der Waals surface area contributed by atoms with Crippen LogP contribution < -0.4 is 0 Å². The summed E-state index contributed by atoms with van der Waals surface area (Å²) in [6.07, 6.45) is 1.89. The number of hydrogen-bond acceptors (Lipinski definition) is 2. The molecule has 0 radical (unpaired) electrons. The van der Waals surface area contributed by atoms with Gasteiger partial charge in [0.15, 0.2) is 0 Å². The van der Waals surface area contributed by atoms with E-state index in [-0.39, 0.29) is 5.91 Å². The maximum Gasteiger partial charge on any atom is 0.254 e. The van der Waals surface area contributed by atoms with Gasteiger partial charge in [-0.3, -0.25) is 9.69 Å². The van der Waals surface area contributed by atoms with Gasteiger partial charge in [-0.05, 0) is 39.1 Å². The highest BCUT2D eigenvalue weighted by molar-refractivity contribution is 6.06. The minimum atomic E-state index is 0.141. The zero-order valence-corrected chi connectivity index (χ0v) is 12.3. The first-order valence-corrected chi connectivity index (χ1v) is 7.15. The van der Waals surface area contributed by atoms with E-state index in [1.807, 2.05) is 35.4 Å². The van der Waals surface area contributed by atoms with Gasteiger partial charge in [0.2, 0.25) is 0 Å². The Balaban J connectivity index is 1.91. The SMILES string of the molecule is CC1CN(C(=O)c2cccc3[nH]ccc23)CC(C)N1C. The second-order valence-electron chi connectivity index (χ2n) is 5.82. The van der Waals surface area contributed by atoms with Gasteiger partial charge in [-0.25, -0.2) is 0 Å². The summed E-state index contributed by atoms with van der Waals surface area (Å²) in [4.78, 5) is 20.3. The molecule has 2 atom stereocenters. The van der Waals surface area contributed by atoms with E-state index in [0.717, 1.165) is 29.6 Å². The molecule has 0 saturated carbocycles. The number of carbonyl (C=O) groups excluding carboxylic acids is 1. The quantitative estimate of drug-likeness (QED) is 0.864. The lowest BCUT2D eigenvalue weighted by Crippen LogP contribution is -2.56. The summed E-state index contributed by atoms with van der Waals surface area (Å²) in [7, 11) is 2.13. The molecular weight excluding hydrogens is 250 g/mol. The standard InChI is InChI=1S/C16H21N3O/c1-11-9-19(10-12(2)18(11)3)16(20)14-5-4-6-15-13(14)7-8-17-15/h4-8,11-12,17H,9-10H2,1-3H3. The van der Waals surface area contributed by atoms with E-state index < -0.39 is 0 Å². The minimum Gasteiger partial charge on any atom is -0.361 e. The number of nitrogens with one attached hydrogen (secondary N) is 1. The maximum atomic E-state index is 12.8. The van der Waals surface area contributed by atoms with Gasteiger partial charge in [0.1, 0.15) is 0 Å². The van der Waals surface area contributed by atoms with Crippen LogP contribution in [-0.4, -0.2) is 52.9 Å². The summed E-state index contributed by atoms with van der Waals surface area (Å²) < 4.78 is 0. The monoisotopic (exact) mass is 271 g/mol. The molecule has 1 aromatic carbocycles. The number of H-pyrrole nitrogens is 1. The number of rotatable bonds is 1. The van der Waals surface area contributed by atoms with Crippen LogP contribution in [-0.2, 0) is 0 Å². The van der Waals surface area contributed by atoms with Crippen LogP contribution in [0.5, 0.6) is 0 Å². The molecule has 1 fully saturated rings. The van der Waals surface area contributed by atoms with E-state index in [0.29, 0.717) is 12.1 Å². The first-order chi connectivity index (χ1) is 9.58. The molecule has 0 bridgehead atoms. The van der Waals surface area contributed by atoms with Crippen molar-refractivity contribution in [2.24, 2.45) is 0 Å². The number of piperazine rings is 1. The Hall–Kier alpha value is -1.81. The van der Waals surface area contributed by atoms with Crippen molar-refractivity contribution in [2.45, 2.75) is 25.9 Å². The highest BCUT2D eigenvalue weighted by atomic mass is 16.2. The Morgan fingerprint density at radius 2 is 1.90 bits per heavy atom. The van der Waals surface area contributed by atoms with Crippen molar-refractivity contribution in [3.63, 3.8) is 0 Å². The van der Waals surface area contributed by atoms with Gasteiger partial charge in [-0.2, -0.15) is 0 Å². The molecule has 20 heavy (non-hydrogen) atoms. The fraction of sp³-hybridized carbons (Fsp3) is 0.438. The van der Waals surface area contributed by atoms with Crippen molar-refractivity contribution < 1.29 is 4.79 Å². The molecule has 2 aromatic rings. The molecule has 4 heteroatoms. The highest BCUT2D eigenvalue weighted by Crippen LogP contribution is 2.21. The van der Waals surface area contributed by atoms with Crippen LogP contribution in [0.1, 0.15) is 24.2 Å². The van der Waals surface area contributed by atoms with Crippen molar-refractivity contribution in [1.82, 2.24) is 14.8 Å². The lowest BCUT2D eigenvalue weighted by Gasteiger charge is -2.42. The Kier molecular flexibility index (Phi) is 3.26. The Labute approximate surface area is 119 Å². The molecule has 1 aromatic heterocycles. The summed E-state index contributed by atoms with van der Waals surface area (Å²) in [5, 5.41) is 1.01. The zero-order valence-electron chi connectivity index (χ0n) is 12.3. The molecule has 106 valence electrons. The molecular formula is C16H21N3O. The third-order valence-electron chi connectivity index (χ3n) is 4.47. The molecule has 3 rings (SSSR count). The van der Waals surface area contributed by atoms with Crippen LogP contribution in [0.3, 0.4) is 0 Å². The second-order valence-corrected chi connectivity index (χ2v) is 5.82. The topological polar surface area (TPSA) is 39.3 Å². The van der Waals surface area contributed by atoms with Crippen molar-refractivity contribution in [2.75, 3.05) is 20.1 Å². The summed E-state index contributed by atoms with van der Waals surface area (Å²) in [6, 6.07) is 8.63. The van der Waals surface area contributed by atoms with Crippen molar-refractivity contribution in [1.29, 1.82) is 0 Å². The molecule has 0 aliphatic carbocycles. The number of aromatic nitrogens is 1. The minimum absolute atomic E-state index is 0.141. The van der Waals surface area contributed by atoms with Crippen LogP contribution in [0.15, 0.2) is 30.5 Å². The van der Waals surface area contributed by atoms with Gasteiger partial charge >= 0.3 is 0 Å². The lowest BCUT2D eigenvalue weighted by atomic mass is 10.1. The second kappa shape index (κ2) is 4.94.